The Balaban J connectivity index is 1.54. The van der Waals surface area contributed by atoms with Gasteiger partial charge in [0.05, 0.1) is 7.11 Å². The minimum absolute atomic E-state index is 0.0189. The third-order valence-electron chi connectivity index (χ3n) is 4.81. The molecule has 2 saturated heterocycles. The van der Waals surface area contributed by atoms with Crippen molar-refractivity contribution in [2.75, 3.05) is 38.2 Å². The summed E-state index contributed by atoms with van der Waals surface area (Å²) in [6.07, 6.45) is 2.42. The van der Waals surface area contributed by atoms with Crippen LogP contribution in [0.15, 0.2) is 12.4 Å². The number of carbonyl (C=O) groups excluding carboxylic acids is 1. The van der Waals surface area contributed by atoms with Crippen LogP contribution in [0.4, 0.5) is 14.6 Å². The number of likely N-dealkylation sites (tertiary alicyclic amines) is 1. The van der Waals surface area contributed by atoms with Crippen LogP contribution in [-0.2, 0) is 4.79 Å². The first-order chi connectivity index (χ1) is 11.5. The van der Waals surface area contributed by atoms with Crippen LogP contribution >= 0.6 is 0 Å². The molecule has 0 saturated carbocycles. The third kappa shape index (κ3) is 3.73. The smallest absolute Gasteiger partial charge is 0.251 e. The Kier molecular flexibility index (Phi) is 4.82. The fourth-order valence-corrected chi connectivity index (χ4v) is 3.28. The van der Waals surface area contributed by atoms with Gasteiger partial charge in [0.1, 0.15) is 12.1 Å². The first kappa shape index (κ1) is 16.9. The van der Waals surface area contributed by atoms with Crippen molar-refractivity contribution in [3.05, 3.63) is 12.4 Å². The van der Waals surface area contributed by atoms with Crippen molar-refractivity contribution in [1.82, 2.24) is 14.9 Å². The zero-order valence-electron chi connectivity index (χ0n) is 13.8. The lowest BCUT2D eigenvalue weighted by molar-refractivity contribution is -0.142. The summed E-state index contributed by atoms with van der Waals surface area (Å²) < 4.78 is 31.5. The van der Waals surface area contributed by atoms with Crippen molar-refractivity contribution in [1.29, 1.82) is 0 Å². The Hall–Kier alpha value is -1.99. The van der Waals surface area contributed by atoms with Crippen molar-refractivity contribution in [3.8, 4) is 5.88 Å². The van der Waals surface area contributed by atoms with Crippen LogP contribution in [0.1, 0.15) is 25.7 Å². The van der Waals surface area contributed by atoms with Crippen LogP contribution in [-0.4, -0.2) is 60.0 Å². The summed E-state index contributed by atoms with van der Waals surface area (Å²) in [7, 11) is 1.55. The van der Waals surface area contributed by atoms with Crippen LogP contribution in [0, 0.1) is 5.92 Å². The van der Waals surface area contributed by atoms with E-state index in [2.05, 4.69) is 14.9 Å². The normalized spacial score (nSPS) is 21.6. The van der Waals surface area contributed by atoms with Crippen LogP contribution in [0.25, 0.3) is 0 Å². The monoisotopic (exact) mass is 340 g/mol. The fraction of sp³-hybridized carbons (Fsp3) is 0.688. The number of aromatic nitrogens is 2. The Morgan fingerprint density at radius 3 is 2.50 bits per heavy atom. The van der Waals surface area contributed by atoms with Gasteiger partial charge in [0.25, 0.3) is 5.92 Å². The highest BCUT2D eigenvalue weighted by Gasteiger charge is 2.37. The molecule has 6 nitrogen and oxygen atoms in total. The quantitative estimate of drug-likeness (QED) is 0.842. The fourth-order valence-electron chi connectivity index (χ4n) is 3.28. The molecule has 8 heteroatoms. The number of anilines is 1. The lowest BCUT2D eigenvalue weighted by atomic mass is 9.94. The SMILES string of the molecule is COc1cc(N2CCC(C(=O)N3CCC(F)(F)CC3)CC2)ncn1. The molecule has 2 aliphatic rings. The van der Waals surface area contributed by atoms with Gasteiger partial charge in [-0.05, 0) is 12.8 Å². The van der Waals surface area contributed by atoms with E-state index in [0.29, 0.717) is 31.8 Å². The van der Waals surface area contributed by atoms with E-state index in [1.807, 2.05) is 0 Å². The number of rotatable bonds is 3. The van der Waals surface area contributed by atoms with E-state index in [9.17, 15) is 13.6 Å². The maximum Gasteiger partial charge on any atom is 0.251 e. The zero-order valence-corrected chi connectivity index (χ0v) is 13.8. The first-order valence-corrected chi connectivity index (χ1v) is 8.26. The highest BCUT2D eigenvalue weighted by molar-refractivity contribution is 5.79. The number of carbonyl (C=O) groups is 1. The van der Waals surface area contributed by atoms with Crippen molar-refractivity contribution >= 4 is 11.7 Å². The molecule has 0 radical (unpaired) electrons. The highest BCUT2D eigenvalue weighted by Crippen LogP contribution is 2.30. The van der Waals surface area contributed by atoms with Crippen LogP contribution in [0.2, 0.25) is 0 Å². The van der Waals surface area contributed by atoms with Crippen molar-refractivity contribution in [2.45, 2.75) is 31.6 Å². The average Bonchev–Trinajstić information content (AvgIpc) is 2.61. The summed E-state index contributed by atoms with van der Waals surface area (Å²) in [6.45, 7) is 1.74. The van der Waals surface area contributed by atoms with Crippen LogP contribution < -0.4 is 9.64 Å². The molecule has 3 heterocycles. The molecule has 0 N–H and O–H groups in total. The van der Waals surface area contributed by atoms with E-state index >= 15 is 0 Å². The van der Waals surface area contributed by atoms with Crippen LogP contribution in [0.3, 0.4) is 0 Å². The predicted octanol–water partition coefficient (Wildman–Crippen LogP) is 1.96. The summed E-state index contributed by atoms with van der Waals surface area (Å²) in [6, 6.07) is 1.77. The number of piperidine rings is 2. The Labute approximate surface area is 139 Å². The van der Waals surface area contributed by atoms with Gasteiger partial charge in [0.15, 0.2) is 0 Å². The maximum atomic E-state index is 13.2. The lowest BCUT2D eigenvalue weighted by Crippen LogP contribution is -2.47. The number of methoxy groups -OCH3 is 1. The van der Waals surface area contributed by atoms with Crippen molar-refractivity contribution in [3.63, 3.8) is 0 Å². The molecule has 2 aliphatic heterocycles. The Bertz CT molecular complexity index is 581. The number of nitrogens with zero attached hydrogens (tertiary/aromatic N) is 4. The molecular weight excluding hydrogens is 318 g/mol. The van der Waals surface area contributed by atoms with Crippen molar-refractivity contribution in [2.24, 2.45) is 5.92 Å². The first-order valence-electron chi connectivity index (χ1n) is 8.26. The molecule has 2 fully saturated rings. The van der Waals surface area contributed by atoms with E-state index in [1.165, 1.54) is 6.33 Å². The molecule has 132 valence electrons. The van der Waals surface area contributed by atoms with Crippen molar-refractivity contribution < 1.29 is 18.3 Å². The predicted molar refractivity (Wildman–Crippen MR) is 84.3 cm³/mol. The van der Waals surface area contributed by atoms with Gasteiger partial charge in [-0.15, -0.1) is 0 Å². The second-order valence-electron chi connectivity index (χ2n) is 6.36. The number of halogens is 2. The largest absolute Gasteiger partial charge is 0.481 e. The summed E-state index contributed by atoms with van der Waals surface area (Å²) in [5, 5.41) is 0. The molecule has 1 amide bonds. The number of ether oxygens (including phenoxy) is 1. The van der Waals surface area contributed by atoms with Gasteiger partial charge in [-0.2, -0.15) is 0 Å². The Morgan fingerprint density at radius 1 is 1.21 bits per heavy atom. The van der Waals surface area contributed by atoms with E-state index in [1.54, 1.807) is 18.1 Å². The molecule has 3 rings (SSSR count). The number of amides is 1. The minimum Gasteiger partial charge on any atom is -0.481 e. The van der Waals surface area contributed by atoms with Gasteiger partial charge in [-0.3, -0.25) is 4.79 Å². The lowest BCUT2D eigenvalue weighted by Gasteiger charge is -2.37. The Morgan fingerprint density at radius 2 is 1.88 bits per heavy atom. The topological polar surface area (TPSA) is 58.6 Å². The summed E-state index contributed by atoms with van der Waals surface area (Å²) in [4.78, 5) is 24.5. The number of hydrogen-bond acceptors (Lipinski definition) is 5. The number of hydrogen-bond donors (Lipinski definition) is 0. The minimum atomic E-state index is -2.62. The standard InChI is InChI=1S/C16H22F2N4O2/c1-24-14-10-13(19-11-20-14)21-6-2-12(3-7-21)15(23)22-8-4-16(17,18)5-9-22/h10-12H,2-9H2,1H3. The molecule has 0 bridgehead atoms. The van der Waals surface area contributed by atoms with E-state index in [0.717, 1.165) is 5.82 Å². The highest BCUT2D eigenvalue weighted by atomic mass is 19.3. The molecular formula is C16H22F2N4O2. The number of alkyl halides is 2. The average molecular weight is 340 g/mol. The molecule has 0 aliphatic carbocycles. The molecule has 0 atom stereocenters. The molecule has 0 spiro atoms. The van der Waals surface area contributed by atoms with Gasteiger partial charge < -0.3 is 14.5 Å². The van der Waals surface area contributed by atoms with Gasteiger partial charge in [0.2, 0.25) is 11.8 Å². The van der Waals surface area contributed by atoms with E-state index < -0.39 is 5.92 Å². The third-order valence-corrected chi connectivity index (χ3v) is 4.81. The molecule has 1 aromatic heterocycles. The van der Waals surface area contributed by atoms with Gasteiger partial charge in [-0.1, -0.05) is 0 Å². The van der Waals surface area contributed by atoms with Gasteiger partial charge in [0, 0.05) is 51.0 Å². The summed E-state index contributed by atoms with van der Waals surface area (Å²) in [5.74, 6) is -1.40. The van der Waals surface area contributed by atoms with E-state index in [-0.39, 0.29) is 37.8 Å². The zero-order chi connectivity index (χ0) is 17.2. The molecule has 24 heavy (non-hydrogen) atoms. The molecule has 1 aromatic rings. The summed E-state index contributed by atoms with van der Waals surface area (Å²) in [5.41, 5.74) is 0. The second-order valence-corrected chi connectivity index (χ2v) is 6.36. The van der Waals surface area contributed by atoms with Gasteiger partial charge in [-0.25, -0.2) is 18.7 Å². The van der Waals surface area contributed by atoms with E-state index in [4.69, 9.17) is 4.74 Å². The van der Waals surface area contributed by atoms with Gasteiger partial charge >= 0.3 is 0 Å². The maximum absolute atomic E-state index is 13.2. The molecule has 0 unspecified atom stereocenters. The molecule has 0 aromatic carbocycles. The summed E-state index contributed by atoms with van der Waals surface area (Å²) >= 11 is 0. The van der Waals surface area contributed by atoms with Crippen LogP contribution in [0.5, 0.6) is 5.88 Å². The second kappa shape index (κ2) is 6.86.